The van der Waals surface area contributed by atoms with Crippen molar-refractivity contribution in [3.63, 3.8) is 0 Å². The summed E-state index contributed by atoms with van der Waals surface area (Å²) in [4.78, 5) is 0. The summed E-state index contributed by atoms with van der Waals surface area (Å²) in [5.41, 5.74) is 0. The Morgan fingerprint density at radius 1 is 1.12 bits per heavy atom. The van der Waals surface area contributed by atoms with E-state index in [0.29, 0.717) is 0 Å². The monoisotopic (exact) mass is 128 g/mol. The van der Waals surface area contributed by atoms with Crippen molar-refractivity contribution >= 4 is 8.19 Å². The van der Waals surface area contributed by atoms with E-state index >= 15 is 0 Å². The molecule has 0 bridgehead atoms. The van der Waals surface area contributed by atoms with Crippen LogP contribution in [0, 0.1) is 0 Å². The van der Waals surface area contributed by atoms with Gasteiger partial charge in [-0.1, -0.05) is 8.19 Å². The van der Waals surface area contributed by atoms with Gasteiger partial charge in [0.25, 0.3) is 0 Å². The van der Waals surface area contributed by atoms with Gasteiger partial charge < -0.3 is 10.2 Å². The van der Waals surface area contributed by atoms with Crippen LogP contribution in [0.2, 0.25) is 0 Å². The van der Waals surface area contributed by atoms with Crippen molar-refractivity contribution in [1.82, 2.24) is 0 Å². The molecule has 1 aromatic rings. The lowest BCUT2D eigenvalue weighted by Crippen LogP contribution is -1.57. The van der Waals surface area contributed by atoms with Gasteiger partial charge in [0, 0.05) is 17.7 Å². The summed E-state index contributed by atoms with van der Waals surface area (Å²) in [7, 11) is 0.831. The highest BCUT2D eigenvalue weighted by Gasteiger charge is 1.86. The average Bonchev–Trinajstić information content (AvgIpc) is 1.64. The molecule has 0 saturated heterocycles. The summed E-state index contributed by atoms with van der Waals surface area (Å²) in [5, 5.41) is 17.4. The minimum absolute atomic E-state index is 0.131. The molecule has 0 aliphatic heterocycles. The third kappa shape index (κ3) is 1.11. The summed E-state index contributed by atoms with van der Waals surface area (Å²) in [6.07, 6.45) is 0. The molecule has 0 saturated carbocycles. The molecule has 1 heterocycles. The molecule has 1 aromatic heterocycles. The Morgan fingerprint density at radius 2 is 1.62 bits per heavy atom. The maximum absolute atomic E-state index is 8.68. The van der Waals surface area contributed by atoms with Gasteiger partial charge >= 0.3 is 0 Å². The molecule has 1 rings (SSSR count). The van der Waals surface area contributed by atoms with Crippen LogP contribution in [0.4, 0.5) is 0 Å². The van der Waals surface area contributed by atoms with Crippen molar-refractivity contribution in [2.75, 3.05) is 0 Å². The molecule has 0 unspecified atom stereocenters. The van der Waals surface area contributed by atoms with E-state index in [4.69, 9.17) is 10.2 Å². The Labute approximate surface area is 48.5 Å². The van der Waals surface area contributed by atoms with Crippen LogP contribution in [0.1, 0.15) is 0 Å². The van der Waals surface area contributed by atoms with Crippen LogP contribution in [0.25, 0.3) is 0 Å². The van der Waals surface area contributed by atoms with E-state index in [1.54, 1.807) is 11.6 Å². The first-order valence-electron chi connectivity index (χ1n) is 2.12. The van der Waals surface area contributed by atoms with E-state index in [1.165, 1.54) is 6.07 Å². The summed E-state index contributed by atoms with van der Waals surface area (Å²) in [5.74, 6) is 3.46. The number of hydrogen-bond acceptors (Lipinski definition) is 2. The molecular formula is C5H5O2P. The summed E-state index contributed by atoms with van der Waals surface area (Å²) in [6, 6.07) is 1.30. The SMILES string of the molecule is Oc1cpcc(O)c1. The molecule has 0 aliphatic rings. The van der Waals surface area contributed by atoms with Crippen molar-refractivity contribution in [3.8, 4) is 11.5 Å². The summed E-state index contributed by atoms with van der Waals surface area (Å²) >= 11 is 0. The first-order valence-corrected chi connectivity index (χ1v) is 3.15. The van der Waals surface area contributed by atoms with Crippen LogP contribution < -0.4 is 0 Å². The second kappa shape index (κ2) is 2.01. The molecule has 0 fully saturated rings. The van der Waals surface area contributed by atoms with Gasteiger partial charge in [0.15, 0.2) is 0 Å². The van der Waals surface area contributed by atoms with E-state index in [1.807, 2.05) is 0 Å². The molecule has 0 aromatic carbocycles. The predicted octanol–water partition coefficient (Wildman–Crippen LogP) is 1.68. The average molecular weight is 128 g/mol. The molecule has 0 spiro atoms. The maximum Gasteiger partial charge on any atom is 0.123 e. The Bertz CT molecular complexity index is 170. The molecule has 2 N–H and O–H groups in total. The quantitative estimate of drug-likeness (QED) is 0.558. The highest BCUT2D eigenvalue weighted by atomic mass is 31.0. The van der Waals surface area contributed by atoms with Crippen molar-refractivity contribution in [2.24, 2.45) is 0 Å². The van der Waals surface area contributed by atoms with Gasteiger partial charge in [-0.3, -0.25) is 0 Å². The van der Waals surface area contributed by atoms with Gasteiger partial charge in [-0.2, -0.15) is 0 Å². The molecule has 0 radical (unpaired) electrons. The number of rotatable bonds is 0. The van der Waals surface area contributed by atoms with Crippen molar-refractivity contribution in [1.29, 1.82) is 0 Å². The lowest BCUT2D eigenvalue weighted by molar-refractivity contribution is 0.453. The van der Waals surface area contributed by atoms with Gasteiger partial charge in [-0.15, -0.1) is 0 Å². The molecule has 8 heavy (non-hydrogen) atoms. The zero-order chi connectivity index (χ0) is 5.98. The smallest absolute Gasteiger partial charge is 0.123 e. The molecule has 0 atom stereocenters. The second-order valence-electron chi connectivity index (χ2n) is 1.40. The number of aromatic hydroxyl groups is 2. The van der Waals surface area contributed by atoms with Crippen LogP contribution in [0.5, 0.6) is 11.5 Å². The standard InChI is InChI=1S/C5H5O2P/c6-4-1-5(7)3-8-2-4/h1-3,6-7H. The fourth-order valence-electron chi connectivity index (χ4n) is 0.416. The van der Waals surface area contributed by atoms with Gasteiger partial charge in [-0.25, -0.2) is 0 Å². The van der Waals surface area contributed by atoms with E-state index in [0.717, 1.165) is 8.19 Å². The van der Waals surface area contributed by atoms with Crippen molar-refractivity contribution < 1.29 is 10.2 Å². The van der Waals surface area contributed by atoms with Crippen LogP contribution in [0.3, 0.4) is 0 Å². The third-order valence-corrected chi connectivity index (χ3v) is 1.54. The summed E-state index contributed by atoms with van der Waals surface area (Å²) < 4.78 is 0. The van der Waals surface area contributed by atoms with Gasteiger partial charge in [0.1, 0.15) is 11.5 Å². The Hall–Kier alpha value is -0.750. The van der Waals surface area contributed by atoms with Crippen LogP contribution in [0.15, 0.2) is 17.7 Å². The highest BCUT2D eigenvalue weighted by Crippen LogP contribution is 2.22. The Morgan fingerprint density at radius 3 is 1.88 bits per heavy atom. The fourth-order valence-corrected chi connectivity index (χ4v) is 0.945. The summed E-state index contributed by atoms with van der Waals surface area (Å²) in [6.45, 7) is 0. The third-order valence-electron chi connectivity index (χ3n) is 0.709. The lowest BCUT2D eigenvalue weighted by atomic mass is 10.5. The highest BCUT2D eigenvalue weighted by molar-refractivity contribution is 7.28. The van der Waals surface area contributed by atoms with Gasteiger partial charge in [0.05, 0.1) is 0 Å². The largest absolute Gasteiger partial charge is 0.507 e. The molecular weight excluding hydrogens is 123 g/mol. The van der Waals surface area contributed by atoms with Crippen LogP contribution >= 0.6 is 8.19 Å². The molecule has 0 amide bonds. The molecule has 3 heteroatoms. The number of hydrogen-bond donors (Lipinski definition) is 2. The zero-order valence-corrected chi connectivity index (χ0v) is 4.97. The van der Waals surface area contributed by atoms with E-state index in [9.17, 15) is 0 Å². The van der Waals surface area contributed by atoms with Crippen LogP contribution in [-0.4, -0.2) is 10.2 Å². The van der Waals surface area contributed by atoms with E-state index in [-0.39, 0.29) is 11.5 Å². The second-order valence-corrected chi connectivity index (χ2v) is 2.22. The first-order chi connectivity index (χ1) is 3.79. The van der Waals surface area contributed by atoms with E-state index < -0.39 is 0 Å². The Balaban J connectivity index is 3.08. The van der Waals surface area contributed by atoms with Gasteiger partial charge in [-0.05, 0) is 0 Å². The maximum atomic E-state index is 8.68. The van der Waals surface area contributed by atoms with E-state index in [2.05, 4.69) is 0 Å². The molecule has 42 valence electrons. The minimum Gasteiger partial charge on any atom is -0.507 e. The zero-order valence-electron chi connectivity index (χ0n) is 4.07. The van der Waals surface area contributed by atoms with Crippen molar-refractivity contribution in [2.45, 2.75) is 0 Å². The minimum atomic E-state index is 0.131. The van der Waals surface area contributed by atoms with Crippen LogP contribution in [-0.2, 0) is 0 Å². The molecule has 2 nitrogen and oxygen atoms in total. The lowest BCUT2D eigenvalue weighted by Gasteiger charge is -1.88. The Kier molecular flexibility index (Phi) is 1.36. The molecule has 0 aliphatic carbocycles. The normalized spacial score (nSPS) is 9.00. The topological polar surface area (TPSA) is 40.5 Å². The van der Waals surface area contributed by atoms with Gasteiger partial charge in [0.2, 0.25) is 0 Å². The predicted molar refractivity (Wildman–Crippen MR) is 32.3 cm³/mol. The fraction of sp³-hybridized carbons (Fsp3) is 0. The van der Waals surface area contributed by atoms with Crippen molar-refractivity contribution in [3.05, 3.63) is 17.7 Å². The first kappa shape index (κ1) is 5.39.